The van der Waals surface area contributed by atoms with E-state index >= 15 is 0 Å². The summed E-state index contributed by atoms with van der Waals surface area (Å²) < 4.78 is 14.7. The molecule has 0 radical (unpaired) electrons. The number of carbonyl (C=O) groups is 3. The smallest absolute Gasteiger partial charge is 0.273 e. The molecule has 2 aromatic heterocycles. The van der Waals surface area contributed by atoms with E-state index in [0.717, 1.165) is 17.1 Å². The van der Waals surface area contributed by atoms with Crippen molar-refractivity contribution < 1.29 is 23.5 Å². The molecule has 1 atom stereocenters. The first kappa shape index (κ1) is 24.0. The summed E-state index contributed by atoms with van der Waals surface area (Å²) in [5.74, 6) is -1.11. The monoisotopic (exact) mass is 471 g/mol. The summed E-state index contributed by atoms with van der Waals surface area (Å²) in [6.45, 7) is 4.12. The van der Waals surface area contributed by atoms with Crippen LogP contribution in [0.15, 0.2) is 40.8 Å². The SMILES string of the molecule is COCCNC(=O)[C@@H](c1ccc(C)o1)N(C(=O)c1snc(C(N)=O)c1N)c1cccc(C)c1. The average Bonchev–Trinajstić information content (AvgIpc) is 3.37. The molecule has 11 heteroatoms. The van der Waals surface area contributed by atoms with Gasteiger partial charge in [-0.25, -0.2) is 0 Å². The third-order valence-corrected chi connectivity index (χ3v) is 5.65. The van der Waals surface area contributed by atoms with Gasteiger partial charge in [0.15, 0.2) is 11.7 Å². The number of hydrogen-bond donors (Lipinski definition) is 3. The molecule has 3 rings (SSSR count). The molecule has 0 fully saturated rings. The Bertz CT molecular complexity index is 1170. The number of rotatable bonds is 9. The van der Waals surface area contributed by atoms with Crippen molar-refractivity contribution in [3.8, 4) is 0 Å². The Morgan fingerprint density at radius 2 is 2.00 bits per heavy atom. The van der Waals surface area contributed by atoms with Crippen molar-refractivity contribution in [2.75, 3.05) is 30.9 Å². The number of ether oxygens (including phenoxy) is 1. The minimum Gasteiger partial charge on any atom is -0.464 e. The van der Waals surface area contributed by atoms with Crippen molar-refractivity contribution in [2.45, 2.75) is 19.9 Å². The predicted molar refractivity (Wildman–Crippen MR) is 124 cm³/mol. The second-order valence-electron chi connectivity index (χ2n) is 7.29. The number of primary amides is 1. The first-order valence-electron chi connectivity index (χ1n) is 10.0. The lowest BCUT2D eigenvalue weighted by Gasteiger charge is -2.30. The number of benzene rings is 1. The maximum atomic E-state index is 13.8. The Hall–Kier alpha value is -3.70. The second kappa shape index (κ2) is 10.3. The molecule has 0 spiro atoms. The molecule has 174 valence electrons. The number of nitrogens with zero attached hydrogens (tertiary/aromatic N) is 2. The number of hydrogen-bond acceptors (Lipinski definition) is 8. The number of aryl methyl sites for hydroxylation is 2. The predicted octanol–water partition coefficient (Wildman–Crippen LogP) is 2.18. The molecule has 0 saturated carbocycles. The van der Waals surface area contributed by atoms with Crippen molar-refractivity contribution >= 4 is 40.6 Å². The molecule has 5 N–H and O–H groups in total. The third kappa shape index (κ3) is 5.21. The maximum Gasteiger partial charge on any atom is 0.273 e. The minimum absolute atomic E-state index is 0.0109. The van der Waals surface area contributed by atoms with Gasteiger partial charge in [-0.15, -0.1) is 0 Å². The normalized spacial score (nSPS) is 11.7. The lowest BCUT2D eigenvalue weighted by Crippen LogP contribution is -2.44. The van der Waals surface area contributed by atoms with E-state index in [1.54, 1.807) is 37.3 Å². The molecule has 1 aromatic carbocycles. The zero-order valence-corrected chi connectivity index (χ0v) is 19.3. The fourth-order valence-corrected chi connectivity index (χ4v) is 3.99. The van der Waals surface area contributed by atoms with Crippen LogP contribution >= 0.6 is 11.5 Å². The molecule has 0 aliphatic heterocycles. The van der Waals surface area contributed by atoms with Gasteiger partial charge in [-0.2, -0.15) is 4.37 Å². The molecule has 33 heavy (non-hydrogen) atoms. The number of methoxy groups -OCH3 is 1. The Balaban J connectivity index is 2.15. The first-order chi connectivity index (χ1) is 15.7. The summed E-state index contributed by atoms with van der Waals surface area (Å²) in [7, 11) is 1.52. The van der Waals surface area contributed by atoms with E-state index in [0.29, 0.717) is 11.4 Å². The van der Waals surface area contributed by atoms with Crippen LogP contribution in [0.5, 0.6) is 0 Å². The van der Waals surface area contributed by atoms with Gasteiger partial charge in [0.25, 0.3) is 17.7 Å². The van der Waals surface area contributed by atoms with Crippen molar-refractivity contribution in [1.29, 1.82) is 0 Å². The summed E-state index contributed by atoms with van der Waals surface area (Å²) in [6.07, 6.45) is 0. The van der Waals surface area contributed by atoms with Crippen molar-refractivity contribution in [1.82, 2.24) is 9.69 Å². The largest absolute Gasteiger partial charge is 0.464 e. The van der Waals surface area contributed by atoms with Gasteiger partial charge in [-0.3, -0.25) is 19.3 Å². The fraction of sp³-hybridized carbons (Fsp3) is 0.273. The van der Waals surface area contributed by atoms with Crippen molar-refractivity contribution in [3.63, 3.8) is 0 Å². The van der Waals surface area contributed by atoms with Gasteiger partial charge in [0.1, 0.15) is 16.4 Å². The van der Waals surface area contributed by atoms with E-state index in [9.17, 15) is 14.4 Å². The Labute approximate surface area is 194 Å². The number of aromatic nitrogens is 1. The van der Waals surface area contributed by atoms with Gasteiger partial charge < -0.3 is 25.9 Å². The standard InChI is InChI=1S/C22H25N5O5S/c1-12-5-4-6-14(11-12)27(22(30)19-16(23)17(20(24)28)26-33-19)18(15-8-7-13(2)32-15)21(29)25-9-10-31-3/h4-8,11,18H,9-10,23H2,1-3H3,(H2,24,28)(H,25,29)/t18-/m1/s1. The van der Waals surface area contributed by atoms with Gasteiger partial charge in [0.2, 0.25) is 0 Å². The first-order valence-corrected chi connectivity index (χ1v) is 10.8. The molecule has 3 amide bonds. The molecule has 0 aliphatic rings. The van der Waals surface area contributed by atoms with Crippen LogP contribution in [-0.4, -0.2) is 42.4 Å². The van der Waals surface area contributed by atoms with Gasteiger partial charge in [-0.05, 0) is 55.2 Å². The van der Waals surface area contributed by atoms with Crippen LogP contribution in [0.1, 0.15) is 43.3 Å². The van der Waals surface area contributed by atoms with Gasteiger partial charge in [-0.1, -0.05) is 12.1 Å². The van der Waals surface area contributed by atoms with E-state index in [-0.39, 0.29) is 35.2 Å². The number of anilines is 2. The summed E-state index contributed by atoms with van der Waals surface area (Å²) in [6, 6.07) is 9.26. The molecule has 0 bridgehead atoms. The summed E-state index contributed by atoms with van der Waals surface area (Å²) in [4.78, 5) is 40.0. The quantitative estimate of drug-likeness (QED) is 0.404. The summed E-state index contributed by atoms with van der Waals surface area (Å²) in [5, 5.41) is 2.77. The number of amides is 3. The van der Waals surface area contributed by atoms with Gasteiger partial charge in [0.05, 0.1) is 12.3 Å². The summed E-state index contributed by atoms with van der Waals surface area (Å²) in [5.41, 5.74) is 12.3. The van der Waals surface area contributed by atoms with Crippen LogP contribution in [0.4, 0.5) is 11.4 Å². The zero-order valence-electron chi connectivity index (χ0n) is 18.5. The molecular weight excluding hydrogens is 446 g/mol. The average molecular weight is 472 g/mol. The zero-order chi connectivity index (χ0) is 24.1. The second-order valence-corrected chi connectivity index (χ2v) is 8.06. The molecule has 10 nitrogen and oxygen atoms in total. The number of nitrogen functional groups attached to an aromatic ring is 1. The van der Waals surface area contributed by atoms with Crippen molar-refractivity contribution in [3.05, 3.63) is 64.1 Å². The van der Waals surface area contributed by atoms with Crippen LogP contribution in [0.3, 0.4) is 0 Å². The Morgan fingerprint density at radius 1 is 1.24 bits per heavy atom. The van der Waals surface area contributed by atoms with E-state index in [4.69, 9.17) is 20.6 Å². The molecule has 0 saturated heterocycles. The van der Waals surface area contributed by atoms with E-state index in [1.165, 1.54) is 12.0 Å². The minimum atomic E-state index is -1.16. The number of nitrogens with two attached hydrogens (primary N) is 2. The molecule has 0 unspecified atom stereocenters. The maximum absolute atomic E-state index is 13.8. The number of carbonyl (C=O) groups excluding carboxylic acids is 3. The lowest BCUT2D eigenvalue weighted by molar-refractivity contribution is -0.123. The molecule has 0 aliphatic carbocycles. The highest BCUT2D eigenvalue weighted by Crippen LogP contribution is 2.34. The van der Waals surface area contributed by atoms with Crippen LogP contribution in [0, 0.1) is 13.8 Å². The Kier molecular flexibility index (Phi) is 7.46. The highest BCUT2D eigenvalue weighted by atomic mass is 32.1. The van der Waals surface area contributed by atoms with Gasteiger partial charge >= 0.3 is 0 Å². The Morgan fingerprint density at radius 3 is 2.58 bits per heavy atom. The molecule has 3 aromatic rings. The van der Waals surface area contributed by atoms with Crippen LogP contribution in [0.25, 0.3) is 0 Å². The highest BCUT2D eigenvalue weighted by molar-refractivity contribution is 7.09. The topological polar surface area (TPSA) is 154 Å². The van der Waals surface area contributed by atoms with E-state index < -0.39 is 23.8 Å². The van der Waals surface area contributed by atoms with Crippen LogP contribution in [-0.2, 0) is 9.53 Å². The van der Waals surface area contributed by atoms with Crippen molar-refractivity contribution in [2.24, 2.45) is 5.73 Å². The fourth-order valence-electron chi connectivity index (χ4n) is 3.25. The van der Waals surface area contributed by atoms with Crippen LogP contribution < -0.4 is 21.7 Å². The number of nitrogens with one attached hydrogen (secondary N) is 1. The highest BCUT2D eigenvalue weighted by Gasteiger charge is 2.37. The lowest BCUT2D eigenvalue weighted by atomic mass is 10.1. The van der Waals surface area contributed by atoms with Gasteiger partial charge in [0, 0.05) is 19.3 Å². The van der Waals surface area contributed by atoms with Crippen LogP contribution in [0.2, 0.25) is 0 Å². The molecular formula is C22H25N5O5S. The number of furan rings is 1. The third-order valence-electron chi connectivity index (χ3n) is 4.80. The molecule has 2 heterocycles. The van der Waals surface area contributed by atoms with E-state index in [2.05, 4.69) is 9.69 Å². The summed E-state index contributed by atoms with van der Waals surface area (Å²) >= 11 is 0.741. The van der Waals surface area contributed by atoms with E-state index in [1.807, 2.05) is 13.0 Å².